The van der Waals surface area contributed by atoms with Crippen LogP contribution in [0.1, 0.15) is 81.0 Å². The smallest absolute Gasteiger partial charge is 0.267 e. The van der Waals surface area contributed by atoms with E-state index < -0.39 is 0 Å². The topological polar surface area (TPSA) is 37.6 Å². The summed E-state index contributed by atoms with van der Waals surface area (Å²) in [5.74, 6) is 0.153. The number of para-hydroxylation sites is 1. The maximum absolute atomic E-state index is 14.0. The number of hydrogen-bond donors (Lipinski definition) is 0. The lowest BCUT2D eigenvalue weighted by Crippen LogP contribution is -2.41. The summed E-state index contributed by atoms with van der Waals surface area (Å²) in [6.07, 6.45) is 14.2. The van der Waals surface area contributed by atoms with Crippen molar-refractivity contribution in [3.8, 4) is 0 Å². The molecule has 1 aliphatic heterocycles. The molecule has 6 rings (SSSR count). The minimum absolute atomic E-state index is 0.153. The molecule has 3 aromatic rings. The van der Waals surface area contributed by atoms with Crippen LogP contribution in [0.3, 0.4) is 0 Å². The highest BCUT2D eigenvalue weighted by atomic mass is 79.9. The van der Waals surface area contributed by atoms with Gasteiger partial charge in [0, 0.05) is 39.2 Å². The van der Waals surface area contributed by atoms with Crippen molar-refractivity contribution < 1.29 is 4.79 Å². The largest absolute Gasteiger partial charge is 0.340 e. The molecule has 0 radical (unpaired) electrons. The highest BCUT2D eigenvalue weighted by Gasteiger charge is 2.39. The zero-order valence-corrected chi connectivity index (χ0v) is 24.6. The number of halogens is 1. The third-order valence-corrected chi connectivity index (χ3v) is 9.98. The number of aliphatic imine (C=N–C) groups is 1. The van der Waals surface area contributed by atoms with Gasteiger partial charge >= 0.3 is 0 Å². The molecule has 198 valence electrons. The lowest BCUT2D eigenvalue weighted by molar-refractivity contribution is -0.124. The van der Waals surface area contributed by atoms with Crippen molar-refractivity contribution >= 4 is 55.7 Å². The second-order valence-electron chi connectivity index (χ2n) is 11.0. The Labute approximate surface area is 238 Å². The molecule has 2 aromatic carbocycles. The van der Waals surface area contributed by atoms with Crippen LogP contribution in [0.5, 0.6) is 0 Å². The molecule has 1 saturated heterocycles. The first-order chi connectivity index (χ1) is 18.6. The summed E-state index contributed by atoms with van der Waals surface area (Å²) in [5.41, 5.74) is 4.80. The summed E-state index contributed by atoms with van der Waals surface area (Å²) in [5, 5.41) is 2.15. The maximum Gasteiger partial charge on any atom is 0.267 e. The molecule has 3 fully saturated rings. The van der Waals surface area contributed by atoms with Gasteiger partial charge in [-0.15, -0.1) is 0 Å². The second kappa shape index (κ2) is 11.4. The van der Waals surface area contributed by atoms with Gasteiger partial charge in [-0.25, -0.2) is 0 Å². The molecule has 0 bridgehead atoms. The molecule has 0 N–H and O–H groups in total. The van der Waals surface area contributed by atoms with E-state index in [1.807, 2.05) is 0 Å². The molecular formula is C32H36BrN3OS. The molecule has 0 atom stereocenters. The lowest BCUT2D eigenvalue weighted by atomic mass is 9.94. The average Bonchev–Trinajstić information content (AvgIpc) is 3.39. The van der Waals surface area contributed by atoms with Crippen molar-refractivity contribution in [2.75, 3.05) is 0 Å². The number of aromatic nitrogens is 1. The van der Waals surface area contributed by atoms with Gasteiger partial charge in [-0.05, 0) is 74.2 Å². The Kier molecular flexibility index (Phi) is 7.80. The van der Waals surface area contributed by atoms with Crippen molar-refractivity contribution in [1.82, 2.24) is 9.47 Å². The number of hydrogen-bond acceptors (Lipinski definition) is 3. The molecule has 2 saturated carbocycles. The molecule has 38 heavy (non-hydrogen) atoms. The van der Waals surface area contributed by atoms with Crippen LogP contribution >= 0.6 is 27.7 Å². The van der Waals surface area contributed by atoms with Crippen molar-refractivity contribution in [2.45, 2.75) is 89.8 Å². The van der Waals surface area contributed by atoms with Crippen LogP contribution in [0.15, 0.2) is 62.9 Å². The Morgan fingerprint density at radius 3 is 2.37 bits per heavy atom. The molecule has 2 aliphatic carbocycles. The molecule has 3 aliphatic rings. The zero-order valence-electron chi connectivity index (χ0n) is 22.2. The molecule has 4 nitrogen and oxygen atoms in total. The van der Waals surface area contributed by atoms with Gasteiger partial charge in [0.2, 0.25) is 0 Å². The van der Waals surface area contributed by atoms with E-state index in [1.54, 1.807) is 11.8 Å². The first-order valence-corrected chi connectivity index (χ1v) is 15.8. The maximum atomic E-state index is 14.0. The van der Waals surface area contributed by atoms with Crippen molar-refractivity contribution in [1.29, 1.82) is 0 Å². The number of amides is 1. The van der Waals surface area contributed by atoms with Crippen LogP contribution in [0.2, 0.25) is 0 Å². The van der Waals surface area contributed by atoms with Crippen molar-refractivity contribution in [3.63, 3.8) is 0 Å². The lowest BCUT2D eigenvalue weighted by Gasteiger charge is -2.31. The number of carbonyl (C=O) groups is 1. The monoisotopic (exact) mass is 589 g/mol. The van der Waals surface area contributed by atoms with Gasteiger partial charge in [0.05, 0.1) is 10.9 Å². The fourth-order valence-corrected chi connectivity index (χ4v) is 7.71. The third kappa shape index (κ3) is 5.27. The quantitative estimate of drug-likeness (QED) is 0.279. The number of carbonyl (C=O) groups excluding carboxylic acids is 1. The summed E-state index contributed by atoms with van der Waals surface area (Å²) in [4.78, 5) is 22.1. The van der Waals surface area contributed by atoms with Crippen LogP contribution in [-0.4, -0.2) is 32.6 Å². The van der Waals surface area contributed by atoms with Crippen LogP contribution < -0.4 is 0 Å². The second-order valence-corrected chi connectivity index (χ2v) is 12.9. The molecule has 0 unspecified atom stereocenters. The average molecular weight is 591 g/mol. The van der Waals surface area contributed by atoms with E-state index in [4.69, 9.17) is 4.99 Å². The van der Waals surface area contributed by atoms with E-state index in [9.17, 15) is 4.79 Å². The number of nitrogens with zero attached hydrogens (tertiary/aromatic N) is 3. The van der Waals surface area contributed by atoms with Gasteiger partial charge in [-0.1, -0.05) is 84.8 Å². The van der Waals surface area contributed by atoms with E-state index in [0.717, 1.165) is 52.3 Å². The van der Waals surface area contributed by atoms with Gasteiger partial charge in [0.25, 0.3) is 5.91 Å². The first kappa shape index (κ1) is 25.9. The fraction of sp³-hybridized carbons (Fsp3) is 0.438. The molecule has 0 spiro atoms. The van der Waals surface area contributed by atoms with Gasteiger partial charge in [-0.3, -0.25) is 14.7 Å². The first-order valence-electron chi connectivity index (χ1n) is 14.2. The van der Waals surface area contributed by atoms with E-state index in [1.165, 1.54) is 60.7 Å². The molecule has 6 heteroatoms. The molecular weight excluding hydrogens is 554 g/mol. The van der Waals surface area contributed by atoms with Crippen LogP contribution in [-0.2, 0) is 11.3 Å². The van der Waals surface area contributed by atoms with Crippen molar-refractivity contribution in [2.24, 2.45) is 4.99 Å². The summed E-state index contributed by atoms with van der Waals surface area (Å²) in [6.45, 7) is 2.98. The minimum atomic E-state index is 0.153. The third-order valence-electron chi connectivity index (χ3n) is 8.45. The van der Waals surface area contributed by atoms with Gasteiger partial charge < -0.3 is 4.57 Å². The van der Waals surface area contributed by atoms with Gasteiger partial charge in [0.1, 0.15) is 0 Å². The summed E-state index contributed by atoms with van der Waals surface area (Å²) < 4.78 is 3.47. The van der Waals surface area contributed by atoms with Crippen LogP contribution in [0.25, 0.3) is 17.0 Å². The normalized spacial score (nSPS) is 21.8. The van der Waals surface area contributed by atoms with Gasteiger partial charge in [0.15, 0.2) is 5.17 Å². The summed E-state index contributed by atoms with van der Waals surface area (Å²) in [6, 6.07) is 17.8. The Balaban J connectivity index is 1.38. The minimum Gasteiger partial charge on any atom is -0.340 e. The Hall–Kier alpha value is -2.31. The number of fused-ring (bicyclic) bond motifs is 1. The summed E-state index contributed by atoms with van der Waals surface area (Å²) >= 11 is 5.16. The van der Waals surface area contributed by atoms with Crippen LogP contribution in [0, 0.1) is 6.92 Å². The van der Waals surface area contributed by atoms with E-state index in [0.29, 0.717) is 6.04 Å². The predicted octanol–water partition coefficient (Wildman–Crippen LogP) is 8.70. The Bertz CT molecular complexity index is 1380. The number of rotatable bonds is 5. The number of thioether (sulfide) groups is 1. The fourth-order valence-electron chi connectivity index (χ4n) is 6.35. The van der Waals surface area contributed by atoms with E-state index >= 15 is 0 Å². The Morgan fingerprint density at radius 2 is 1.63 bits per heavy atom. The number of benzene rings is 2. The van der Waals surface area contributed by atoms with Gasteiger partial charge in [-0.2, -0.15) is 0 Å². The molecule has 2 heterocycles. The Morgan fingerprint density at radius 1 is 0.947 bits per heavy atom. The molecule has 1 amide bonds. The predicted molar refractivity (Wildman–Crippen MR) is 164 cm³/mol. The van der Waals surface area contributed by atoms with Crippen molar-refractivity contribution in [3.05, 3.63) is 74.7 Å². The highest BCUT2D eigenvalue weighted by molar-refractivity contribution is 9.10. The summed E-state index contributed by atoms with van der Waals surface area (Å²) in [7, 11) is 0. The molecule has 1 aromatic heterocycles. The number of amidine groups is 1. The zero-order chi connectivity index (χ0) is 26.1. The SMILES string of the molecule is Cc1c(C=C2SC(=NC3CCCCC3)N(C3CCCCC3)C2=O)c2ccccc2n1Cc1ccc(Br)cc1. The van der Waals surface area contributed by atoms with Crippen LogP contribution in [0.4, 0.5) is 0 Å². The van der Waals surface area contributed by atoms with E-state index in [2.05, 4.69) is 86.9 Å². The standard InChI is InChI=1S/C32H36BrN3OS/c1-22-28(27-14-8-9-15-29(27)35(22)21-23-16-18-24(33)19-17-23)20-30-31(37)36(26-12-6-3-7-13-26)32(38-30)34-25-10-4-2-5-11-25/h8-9,14-20,25-26H,2-7,10-13,21H2,1H3. The highest BCUT2D eigenvalue weighted by Crippen LogP contribution is 2.40. The van der Waals surface area contributed by atoms with E-state index in [-0.39, 0.29) is 11.9 Å².